The van der Waals surface area contributed by atoms with Crippen LogP contribution in [0.25, 0.3) is 16.8 Å². The molecule has 1 heterocycles. The molecule has 0 atom stereocenters. The van der Waals surface area contributed by atoms with E-state index in [1.54, 1.807) is 19.1 Å². The number of nitriles is 1. The van der Waals surface area contributed by atoms with E-state index in [0.717, 1.165) is 16.6 Å². The van der Waals surface area contributed by atoms with Gasteiger partial charge in [0.2, 0.25) is 0 Å². The molecule has 5 nitrogen and oxygen atoms in total. The second-order valence-electron chi connectivity index (χ2n) is 7.31. The van der Waals surface area contributed by atoms with Crippen LogP contribution in [0.1, 0.15) is 27.3 Å². The number of aromatic nitrogens is 2. The zero-order valence-electron chi connectivity index (χ0n) is 17.4. The first-order chi connectivity index (χ1) is 15.0. The van der Waals surface area contributed by atoms with E-state index in [-0.39, 0.29) is 5.57 Å². The van der Waals surface area contributed by atoms with Crippen LogP contribution in [0.2, 0.25) is 0 Å². The number of nitrogens with zero attached hydrogens (tertiary/aromatic N) is 3. The van der Waals surface area contributed by atoms with Crippen LogP contribution in [0.3, 0.4) is 0 Å². The molecule has 0 aliphatic carbocycles. The molecule has 0 fully saturated rings. The van der Waals surface area contributed by atoms with Gasteiger partial charge in [-0.1, -0.05) is 54.6 Å². The zero-order valence-corrected chi connectivity index (χ0v) is 17.4. The second-order valence-corrected chi connectivity index (χ2v) is 7.31. The normalized spacial score (nSPS) is 11.3. The van der Waals surface area contributed by atoms with Crippen LogP contribution in [0, 0.1) is 25.2 Å². The van der Waals surface area contributed by atoms with Crippen molar-refractivity contribution in [1.82, 2.24) is 9.78 Å². The molecule has 0 bridgehead atoms. The van der Waals surface area contributed by atoms with Gasteiger partial charge in [0.15, 0.2) is 0 Å². The average molecular weight is 407 g/mol. The number of benzene rings is 3. The van der Waals surface area contributed by atoms with Crippen molar-refractivity contribution in [2.45, 2.75) is 20.5 Å². The summed E-state index contributed by atoms with van der Waals surface area (Å²) in [6.07, 6.45) is 1.56. The molecule has 4 aromatic rings. The monoisotopic (exact) mass is 407 g/mol. The first kappa shape index (κ1) is 20.1. The Labute approximate surface area is 180 Å². The maximum absolute atomic E-state index is 12.7. The van der Waals surface area contributed by atoms with E-state index in [1.165, 1.54) is 10.1 Å². The molecule has 0 radical (unpaired) electrons. The molecule has 0 saturated carbocycles. The Bertz CT molecular complexity index is 1340. The number of ether oxygens (including phenoxy) is 1. The van der Waals surface area contributed by atoms with E-state index in [0.29, 0.717) is 23.6 Å². The molecular weight excluding hydrogens is 386 g/mol. The summed E-state index contributed by atoms with van der Waals surface area (Å²) in [6, 6.07) is 25.5. The zero-order chi connectivity index (χ0) is 21.8. The topological polar surface area (TPSA) is 67.9 Å². The molecule has 1 aromatic heterocycles. The lowest BCUT2D eigenvalue weighted by Gasteiger charge is -2.10. The van der Waals surface area contributed by atoms with Crippen molar-refractivity contribution in [3.8, 4) is 11.8 Å². The summed E-state index contributed by atoms with van der Waals surface area (Å²) in [5, 5.41) is 16.0. The molecule has 152 valence electrons. The summed E-state index contributed by atoms with van der Waals surface area (Å²) >= 11 is 0. The summed E-state index contributed by atoms with van der Waals surface area (Å²) in [5.41, 5.74) is 3.23. The van der Waals surface area contributed by atoms with Crippen molar-refractivity contribution in [2.24, 2.45) is 0 Å². The number of fused-ring (bicyclic) bond motifs is 1. The average Bonchev–Trinajstić information content (AvgIpc) is 3.13. The molecule has 0 unspecified atom stereocenters. The third-order valence-electron chi connectivity index (χ3n) is 5.00. The van der Waals surface area contributed by atoms with Crippen LogP contribution in [0.15, 0.2) is 78.4 Å². The molecule has 0 saturated heterocycles. The summed E-state index contributed by atoms with van der Waals surface area (Å²) in [5.74, 6) is 0.215. The largest absolute Gasteiger partial charge is 0.489 e. The smallest absolute Gasteiger partial charge is 0.289 e. The summed E-state index contributed by atoms with van der Waals surface area (Å²) in [6.45, 7) is 4.02. The summed E-state index contributed by atoms with van der Waals surface area (Å²) in [7, 11) is 0. The van der Waals surface area contributed by atoms with Gasteiger partial charge < -0.3 is 4.74 Å². The van der Waals surface area contributed by atoms with Crippen LogP contribution in [0.5, 0.6) is 5.75 Å². The number of carbonyl (C=O) groups excluding carboxylic acids is 1. The maximum Gasteiger partial charge on any atom is 0.289 e. The standard InChI is InChI=1S/C26H21N3O2/c1-18-13-19(2)29(28-18)26(30)23(16-27)14-20-7-5-11-24(15-20)31-17-22-10-6-9-21-8-3-4-12-25(21)22/h3-15H,17H2,1-2H3/b23-14+. The first-order valence-corrected chi connectivity index (χ1v) is 9.94. The minimum atomic E-state index is -0.449. The molecule has 3 aromatic carbocycles. The highest BCUT2D eigenvalue weighted by Gasteiger charge is 2.15. The molecule has 0 aliphatic rings. The lowest BCUT2D eigenvalue weighted by atomic mass is 10.1. The highest BCUT2D eigenvalue weighted by atomic mass is 16.5. The van der Waals surface area contributed by atoms with E-state index in [2.05, 4.69) is 23.3 Å². The number of allylic oxidation sites excluding steroid dienone is 1. The van der Waals surface area contributed by atoms with E-state index in [1.807, 2.05) is 61.5 Å². The van der Waals surface area contributed by atoms with Gasteiger partial charge in [-0.15, -0.1) is 0 Å². The van der Waals surface area contributed by atoms with Gasteiger partial charge in [-0.25, -0.2) is 4.68 Å². The Morgan fingerprint density at radius 3 is 2.61 bits per heavy atom. The van der Waals surface area contributed by atoms with Crippen LogP contribution in [0.4, 0.5) is 0 Å². The minimum absolute atomic E-state index is 0.0115. The Morgan fingerprint density at radius 2 is 1.84 bits per heavy atom. The fourth-order valence-corrected chi connectivity index (χ4v) is 3.53. The van der Waals surface area contributed by atoms with Crippen molar-refractivity contribution in [1.29, 1.82) is 5.26 Å². The van der Waals surface area contributed by atoms with Crippen LogP contribution in [-0.4, -0.2) is 15.7 Å². The highest BCUT2D eigenvalue weighted by molar-refractivity contribution is 6.03. The van der Waals surface area contributed by atoms with Crippen molar-refractivity contribution in [2.75, 3.05) is 0 Å². The van der Waals surface area contributed by atoms with E-state index >= 15 is 0 Å². The fourth-order valence-electron chi connectivity index (χ4n) is 3.53. The van der Waals surface area contributed by atoms with Crippen molar-refractivity contribution in [3.05, 3.63) is 101 Å². The van der Waals surface area contributed by atoms with Gasteiger partial charge in [-0.2, -0.15) is 10.4 Å². The SMILES string of the molecule is Cc1cc(C)n(C(=O)/C(C#N)=C/c2cccc(OCc3cccc4ccccc34)c2)n1. The lowest BCUT2D eigenvalue weighted by Crippen LogP contribution is -2.15. The Morgan fingerprint density at radius 1 is 1.06 bits per heavy atom. The molecule has 0 amide bonds. The number of aryl methyl sites for hydroxylation is 2. The second kappa shape index (κ2) is 8.68. The molecule has 5 heteroatoms. The first-order valence-electron chi connectivity index (χ1n) is 9.94. The van der Waals surface area contributed by atoms with Crippen molar-refractivity contribution < 1.29 is 9.53 Å². The van der Waals surface area contributed by atoms with Crippen LogP contribution >= 0.6 is 0 Å². The van der Waals surface area contributed by atoms with Crippen LogP contribution in [-0.2, 0) is 6.61 Å². The fraction of sp³-hybridized carbons (Fsp3) is 0.115. The van der Waals surface area contributed by atoms with Crippen molar-refractivity contribution in [3.63, 3.8) is 0 Å². The van der Waals surface area contributed by atoms with Crippen LogP contribution < -0.4 is 4.74 Å². The molecule has 4 rings (SSSR count). The summed E-state index contributed by atoms with van der Waals surface area (Å²) in [4.78, 5) is 12.7. The Hall–Kier alpha value is -4.17. The van der Waals surface area contributed by atoms with Gasteiger partial charge in [0.05, 0.1) is 5.69 Å². The van der Waals surface area contributed by atoms with Gasteiger partial charge in [0, 0.05) is 5.69 Å². The third kappa shape index (κ3) is 4.39. The van der Waals surface area contributed by atoms with Gasteiger partial charge in [0.1, 0.15) is 24.0 Å². The molecular formula is C26H21N3O2. The van der Waals surface area contributed by atoms with Gasteiger partial charge in [-0.3, -0.25) is 4.79 Å². The Balaban J connectivity index is 1.55. The third-order valence-corrected chi connectivity index (χ3v) is 5.00. The minimum Gasteiger partial charge on any atom is -0.489 e. The highest BCUT2D eigenvalue weighted by Crippen LogP contribution is 2.22. The predicted molar refractivity (Wildman–Crippen MR) is 121 cm³/mol. The number of hydrogen-bond acceptors (Lipinski definition) is 4. The maximum atomic E-state index is 12.7. The van der Waals surface area contributed by atoms with E-state index in [9.17, 15) is 10.1 Å². The predicted octanol–water partition coefficient (Wildman–Crippen LogP) is 5.48. The molecule has 0 N–H and O–H groups in total. The quantitative estimate of drug-likeness (QED) is 0.324. The molecule has 31 heavy (non-hydrogen) atoms. The lowest BCUT2D eigenvalue weighted by molar-refractivity contribution is 0.0943. The van der Waals surface area contributed by atoms with Crippen molar-refractivity contribution >= 4 is 22.8 Å². The van der Waals surface area contributed by atoms with E-state index in [4.69, 9.17) is 4.74 Å². The van der Waals surface area contributed by atoms with E-state index < -0.39 is 5.91 Å². The number of rotatable bonds is 5. The Kier molecular flexibility index (Phi) is 5.63. The molecule has 0 aliphatic heterocycles. The summed E-state index contributed by atoms with van der Waals surface area (Å²) < 4.78 is 7.26. The molecule has 0 spiro atoms. The number of hydrogen-bond donors (Lipinski definition) is 0. The number of carbonyl (C=O) groups is 1. The van der Waals surface area contributed by atoms with Gasteiger partial charge >= 0.3 is 0 Å². The van der Waals surface area contributed by atoms with Gasteiger partial charge in [0.25, 0.3) is 5.91 Å². The van der Waals surface area contributed by atoms with Gasteiger partial charge in [-0.05, 0) is 60.0 Å².